The van der Waals surface area contributed by atoms with E-state index in [1.165, 1.54) is 0 Å². The molecule has 0 spiro atoms. The summed E-state index contributed by atoms with van der Waals surface area (Å²) in [5.41, 5.74) is -1.87. The molecule has 0 amide bonds. The number of rotatable bonds is 1. The zero-order valence-corrected chi connectivity index (χ0v) is 5.05. The highest BCUT2D eigenvalue weighted by molar-refractivity contribution is 5.75. The maximum absolute atomic E-state index is 11.8. The fraction of sp³-hybridized carbons (Fsp3) is 0.200. The van der Waals surface area contributed by atoms with Crippen LogP contribution in [0, 0.1) is 0 Å². The summed E-state index contributed by atoms with van der Waals surface area (Å²) in [4.78, 5) is 9.94. The Bertz CT molecular complexity index is 265. The lowest BCUT2D eigenvalue weighted by atomic mass is 10.3. The Morgan fingerprint density at radius 1 is 1.55 bits per heavy atom. The Hall–Kier alpha value is -1.33. The highest BCUT2D eigenvalue weighted by atomic mass is 19.4. The number of carbonyl (C=O) groups excluding carboxylic acids is 1. The number of aromatic nitrogens is 1. The molecule has 0 aliphatic rings. The van der Waals surface area contributed by atoms with Gasteiger partial charge in [-0.15, -0.1) is 0 Å². The zero-order valence-electron chi connectivity index (χ0n) is 5.05. The molecule has 3 nitrogen and oxygen atoms in total. The van der Waals surface area contributed by atoms with E-state index in [4.69, 9.17) is 0 Å². The van der Waals surface area contributed by atoms with Gasteiger partial charge >= 0.3 is 6.18 Å². The fourth-order valence-electron chi connectivity index (χ4n) is 0.543. The summed E-state index contributed by atoms with van der Waals surface area (Å²) in [7, 11) is 0. The molecule has 0 saturated carbocycles. The van der Waals surface area contributed by atoms with Crippen molar-refractivity contribution in [2.24, 2.45) is 0 Å². The van der Waals surface area contributed by atoms with Crippen LogP contribution in [0.4, 0.5) is 13.2 Å². The minimum absolute atomic E-state index is 0.0410. The minimum Gasteiger partial charge on any atom is -0.363 e. The van der Waals surface area contributed by atoms with Gasteiger partial charge in [0.1, 0.15) is 6.26 Å². The molecule has 1 heterocycles. The van der Waals surface area contributed by atoms with Crippen molar-refractivity contribution in [3.05, 3.63) is 17.5 Å². The first-order valence-corrected chi connectivity index (χ1v) is 2.52. The van der Waals surface area contributed by atoms with Gasteiger partial charge in [-0.3, -0.25) is 4.79 Å². The van der Waals surface area contributed by atoms with E-state index in [0.717, 1.165) is 0 Å². The Labute approximate surface area is 58.8 Å². The maximum Gasteiger partial charge on any atom is 0.437 e. The van der Waals surface area contributed by atoms with Crippen LogP contribution in [-0.4, -0.2) is 11.4 Å². The summed E-state index contributed by atoms with van der Waals surface area (Å²) in [6.07, 6.45) is -3.93. The van der Waals surface area contributed by atoms with Gasteiger partial charge in [0.2, 0.25) is 0 Å². The summed E-state index contributed by atoms with van der Waals surface area (Å²) in [6.45, 7) is 0. The Morgan fingerprint density at radius 3 is 2.55 bits per heavy atom. The third-order valence-corrected chi connectivity index (χ3v) is 0.993. The number of hydrogen-bond donors (Lipinski definition) is 0. The first-order valence-electron chi connectivity index (χ1n) is 2.52. The highest BCUT2D eigenvalue weighted by Gasteiger charge is 2.37. The third-order valence-electron chi connectivity index (χ3n) is 0.993. The second-order valence-corrected chi connectivity index (χ2v) is 1.73. The number of alkyl halides is 3. The SMILES string of the molecule is O=Cc1conc1C(F)(F)F. The molecule has 11 heavy (non-hydrogen) atoms. The predicted octanol–water partition coefficient (Wildman–Crippen LogP) is 1.51. The number of aldehydes is 1. The summed E-state index contributed by atoms with van der Waals surface area (Å²) < 4.78 is 39.3. The van der Waals surface area contributed by atoms with Gasteiger partial charge in [0.05, 0.1) is 5.56 Å². The predicted molar refractivity (Wildman–Crippen MR) is 26.9 cm³/mol. The van der Waals surface area contributed by atoms with E-state index in [2.05, 4.69) is 9.68 Å². The van der Waals surface area contributed by atoms with Crippen LogP contribution in [0.5, 0.6) is 0 Å². The second-order valence-electron chi connectivity index (χ2n) is 1.73. The van der Waals surface area contributed by atoms with Crippen molar-refractivity contribution in [1.29, 1.82) is 0 Å². The third kappa shape index (κ3) is 1.39. The van der Waals surface area contributed by atoms with E-state index in [1.807, 2.05) is 0 Å². The molecule has 0 bridgehead atoms. The molecule has 1 aromatic rings. The topological polar surface area (TPSA) is 43.1 Å². The van der Waals surface area contributed by atoms with Crippen molar-refractivity contribution in [1.82, 2.24) is 5.16 Å². The number of nitrogens with zero attached hydrogens (tertiary/aromatic N) is 1. The Balaban J connectivity index is 3.12. The second kappa shape index (κ2) is 2.37. The number of hydrogen-bond acceptors (Lipinski definition) is 3. The number of halogens is 3. The van der Waals surface area contributed by atoms with Crippen LogP contribution >= 0.6 is 0 Å². The minimum atomic E-state index is -4.62. The maximum atomic E-state index is 11.8. The summed E-state index contributed by atoms with van der Waals surface area (Å²) in [6, 6.07) is 0. The van der Waals surface area contributed by atoms with E-state index in [-0.39, 0.29) is 6.29 Å². The monoisotopic (exact) mass is 165 g/mol. The van der Waals surface area contributed by atoms with Crippen molar-refractivity contribution in [2.75, 3.05) is 0 Å². The van der Waals surface area contributed by atoms with Crippen molar-refractivity contribution >= 4 is 6.29 Å². The smallest absolute Gasteiger partial charge is 0.363 e. The van der Waals surface area contributed by atoms with E-state index < -0.39 is 17.4 Å². The molecule has 6 heteroatoms. The van der Waals surface area contributed by atoms with Gasteiger partial charge in [0.15, 0.2) is 12.0 Å². The van der Waals surface area contributed by atoms with Gasteiger partial charge < -0.3 is 4.52 Å². The van der Waals surface area contributed by atoms with Gasteiger partial charge in [0.25, 0.3) is 0 Å². The summed E-state index contributed by atoms with van der Waals surface area (Å²) in [5, 5.41) is 2.63. The molecule has 0 aliphatic heterocycles. The van der Waals surface area contributed by atoms with Crippen LogP contribution in [0.3, 0.4) is 0 Å². The molecular weight excluding hydrogens is 163 g/mol. The van der Waals surface area contributed by atoms with Gasteiger partial charge in [-0.05, 0) is 0 Å². The lowest BCUT2D eigenvalue weighted by Gasteiger charge is -1.99. The Kier molecular flexibility index (Phi) is 1.67. The van der Waals surface area contributed by atoms with E-state index >= 15 is 0 Å². The first kappa shape index (κ1) is 7.77. The standard InChI is InChI=1S/C5H2F3NO2/c6-5(7,8)4-3(1-10)2-11-9-4/h1-2H. The van der Waals surface area contributed by atoms with Crippen LogP contribution in [0.25, 0.3) is 0 Å². The normalized spacial score (nSPS) is 11.5. The Morgan fingerprint density at radius 2 is 2.18 bits per heavy atom. The molecule has 0 fully saturated rings. The lowest BCUT2D eigenvalue weighted by Crippen LogP contribution is -2.07. The fourth-order valence-corrected chi connectivity index (χ4v) is 0.543. The molecule has 0 N–H and O–H groups in total. The van der Waals surface area contributed by atoms with Crippen LogP contribution in [0.2, 0.25) is 0 Å². The summed E-state index contributed by atoms with van der Waals surface area (Å²) in [5.74, 6) is 0. The van der Waals surface area contributed by atoms with Gasteiger partial charge in [-0.2, -0.15) is 13.2 Å². The van der Waals surface area contributed by atoms with Crippen LogP contribution in [-0.2, 0) is 6.18 Å². The molecular formula is C5H2F3NO2. The van der Waals surface area contributed by atoms with Crippen molar-refractivity contribution in [2.45, 2.75) is 6.18 Å². The van der Waals surface area contributed by atoms with Gasteiger partial charge in [-0.25, -0.2) is 0 Å². The van der Waals surface area contributed by atoms with Crippen molar-refractivity contribution < 1.29 is 22.5 Å². The van der Waals surface area contributed by atoms with E-state index in [1.54, 1.807) is 0 Å². The van der Waals surface area contributed by atoms with Crippen molar-refractivity contribution in [3.63, 3.8) is 0 Å². The molecule has 0 saturated heterocycles. The van der Waals surface area contributed by atoms with Crippen LogP contribution in [0.1, 0.15) is 16.1 Å². The summed E-state index contributed by atoms with van der Waals surface area (Å²) >= 11 is 0. The van der Waals surface area contributed by atoms with Crippen LogP contribution in [0.15, 0.2) is 10.8 Å². The molecule has 60 valence electrons. The molecule has 0 radical (unpaired) electrons. The van der Waals surface area contributed by atoms with E-state index in [0.29, 0.717) is 6.26 Å². The van der Waals surface area contributed by atoms with Crippen LogP contribution < -0.4 is 0 Å². The molecule has 0 atom stereocenters. The molecule has 1 rings (SSSR count). The largest absolute Gasteiger partial charge is 0.437 e. The average Bonchev–Trinajstić information content (AvgIpc) is 2.31. The molecule has 1 aromatic heterocycles. The van der Waals surface area contributed by atoms with Gasteiger partial charge in [0, 0.05) is 0 Å². The first-order chi connectivity index (χ1) is 5.05. The van der Waals surface area contributed by atoms with Gasteiger partial charge in [-0.1, -0.05) is 5.16 Å². The molecule has 0 aliphatic carbocycles. The quantitative estimate of drug-likeness (QED) is 0.592. The molecule has 0 unspecified atom stereocenters. The van der Waals surface area contributed by atoms with E-state index in [9.17, 15) is 18.0 Å². The highest BCUT2D eigenvalue weighted by Crippen LogP contribution is 2.29. The lowest BCUT2D eigenvalue weighted by molar-refractivity contribution is -0.142. The number of carbonyl (C=O) groups is 1. The van der Waals surface area contributed by atoms with Crippen molar-refractivity contribution in [3.8, 4) is 0 Å². The average molecular weight is 165 g/mol. The molecule has 0 aromatic carbocycles. The zero-order chi connectivity index (χ0) is 8.48.